The Balaban J connectivity index is 2.00. The van der Waals surface area contributed by atoms with E-state index >= 15 is 0 Å². The summed E-state index contributed by atoms with van der Waals surface area (Å²) in [6.45, 7) is 2.00. The van der Waals surface area contributed by atoms with Crippen molar-refractivity contribution in [3.8, 4) is 0 Å². The van der Waals surface area contributed by atoms with Gasteiger partial charge in [0.05, 0.1) is 0 Å². The van der Waals surface area contributed by atoms with Crippen molar-refractivity contribution in [1.82, 2.24) is 0 Å². The number of rotatable bonds is 1. The van der Waals surface area contributed by atoms with Gasteiger partial charge in [-0.2, -0.15) is 0 Å². The number of carbonyl (C=O) groups is 1. The third-order valence-electron chi connectivity index (χ3n) is 3.32. The summed E-state index contributed by atoms with van der Waals surface area (Å²) in [7, 11) is 0. The first-order chi connectivity index (χ1) is 9.06. The lowest BCUT2D eigenvalue weighted by atomic mass is 10.1. The van der Waals surface area contributed by atoms with E-state index in [9.17, 15) is 4.79 Å². The van der Waals surface area contributed by atoms with Crippen LogP contribution in [0.2, 0.25) is 5.22 Å². The average molecular weight is 277 g/mol. The van der Waals surface area contributed by atoms with Gasteiger partial charge in [-0.15, -0.1) is 0 Å². The summed E-state index contributed by atoms with van der Waals surface area (Å²) < 4.78 is 5.19. The maximum atomic E-state index is 12.5. The Morgan fingerprint density at radius 1 is 1.42 bits per heavy atom. The number of benzene rings is 1. The van der Waals surface area contributed by atoms with Gasteiger partial charge in [0, 0.05) is 17.4 Å². The Bertz CT molecular complexity index is 651. The molecule has 1 amide bonds. The van der Waals surface area contributed by atoms with Crippen LogP contribution in [0.4, 0.5) is 11.4 Å². The fraction of sp³-hybridized carbons (Fsp3) is 0.214. The highest BCUT2D eigenvalue weighted by molar-refractivity contribution is 6.29. The molecule has 1 aromatic heterocycles. The molecule has 0 spiro atoms. The molecule has 2 N–H and O–H groups in total. The van der Waals surface area contributed by atoms with Crippen LogP contribution in [0, 0.1) is 0 Å². The topological polar surface area (TPSA) is 59.5 Å². The first kappa shape index (κ1) is 12.1. The van der Waals surface area contributed by atoms with Gasteiger partial charge in [0.2, 0.25) is 0 Å². The molecule has 1 aliphatic heterocycles. The molecule has 19 heavy (non-hydrogen) atoms. The summed E-state index contributed by atoms with van der Waals surface area (Å²) in [4.78, 5) is 14.2. The van der Waals surface area contributed by atoms with Crippen LogP contribution in [0.15, 0.2) is 34.7 Å². The van der Waals surface area contributed by atoms with Crippen molar-refractivity contribution in [2.45, 2.75) is 19.4 Å². The van der Waals surface area contributed by atoms with Gasteiger partial charge < -0.3 is 15.1 Å². The fourth-order valence-corrected chi connectivity index (χ4v) is 2.65. The zero-order chi connectivity index (χ0) is 13.6. The number of halogens is 1. The van der Waals surface area contributed by atoms with Gasteiger partial charge >= 0.3 is 0 Å². The minimum absolute atomic E-state index is 0.0770. The fourth-order valence-electron chi connectivity index (χ4n) is 2.51. The second-order valence-corrected chi connectivity index (χ2v) is 5.09. The van der Waals surface area contributed by atoms with Gasteiger partial charge in [0.1, 0.15) is 0 Å². The summed E-state index contributed by atoms with van der Waals surface area (Å²) in [5.74, 6) is 0.0736. The van der Waals surface area contributed by atoms with Crippen molar-refractivity contribution >= 4 is 28.9 Å². The van der Waals surface area contributed by atoms with Crippen molar-refractivity contribution in [3.05, 3.63) is 46.9 Å². The van der Waals surface area contributed by atoms with E-state index in [4.69, 9.17) is 21.8 Å². The zero-order valence-electron chi connectivity index (χ0n) is 10.4. The number of furan rings is 1. The van der Waals surface area contributed by atoms with Gasteiger partial charge in [-0.3, -0.25) is 4.79 Å². The second kappa shape index (κ2) is 4.31. The van der Waals surface area contributed by atoms with Gasteiger partial charge in [0.15, 0.2) is 11.0 Å². The highest BCUT2D eigenvalue weighted by Gasteiger charge is 2.32. The minimum Gasteiger partial charge on any atom is -0.440 e. The molecule has 1 aliphatic rings. The first-order valence-corrected chi connectivity index (χ1v) is 6.41. The first-order valence-electron chi connectivity index (χ1n) is 6.03. The maximum Gasteiger partial charge on any atom is 0.294 e. The number of hydrogen-bond donors (Lipinski definition) is 1. The van der Waals surface area contributed by atoms with Crippen LogP contribution in [0.3, 0.4) is 0 Å². The quantitative estimate of drug-likeness (QED) is 0.814. The SMILES string of the molecule is CC1Cc2cc(N)ccc2N1C(=O)c1ccc(Cl)o1. The van der Waals surface area contributed by atoms with E-state index < -0.39 is 0 Å². The number of hydrogen-bond acceptors (Lipinski definition) is 3. The Kier molecular flexibility index (Phi) is 2.75. The van der Waals surface area contributed by atoms with Crippen LogP contribution < -0.4 is 10.6 Å². The second-order valence-electron chi connectivity index (χ2n) is 4.72. The van der Waals surface area contributed by atoms with Crippen molar-refractivity contribution in [2.24, 2.45) is 0 Å². The van der Waals surface area contributed by atoms with E-state index in [-0.39, 0.29) is 22.9 Å². The molecule has 0 saturated carbocycles. The summed E-state index contributed by atoms with van der Waals surface area (Å²) in [6, 6.07) is 8.82. The Morgan fingerprint density at radius 3 is 2.89 bits per heavy atom. The molecular weight excluding hydrogens is 264 g/mol. The molecule has 0 radical (unpaired) electrons. The summed E-state index contributed by atoms with van der Waals surface area (Å²) in [5, 5.41) is 0.215. The third kappa shape index (κ3) is 1.98. The van der Waals surface area contributed by atoms with Crippen LogP contribution in [0.5, 0.6) is 0 Å². The van der Waals surface area contributed by atoms with Crippen molar-refractivity contribution < 1.29 is 9.21 Å². The van der Waals surface area contributed by atoms with E-state index in [1.54, 1.807) is 23.1 Å². The number of carbonyl (C=O) groups excluding carboxylic acids is 1. The molecule has 3 rings (SSSR count). The predicted molar refractivity (Wildman–Crippen MR) is 74.5 cm³/mol. The average Bonchev–Trinajstić information content (AvgIpc) is 2.91. The molecule has 4 nitrogen and oxygen atoms in total. The lowest BCUT2D eigenvalue weighted by Crippen LogP contribution is -2.35. The zero-order valence-corrected chi connectivity index (χ0v) is 11.1. The number of nitrogens with two attached hydrogens (primary N) is 1. The molecule has 0 fully saturated rings. The Labute approximate surface area is 115 Å². The summed E-state index contributed by atoms with van der Waals surface area (Å²) >= 11 is 5.71. The van der Waals surface area contributed by atoms with Gasteiger partial charge in [-0.25, -0.2) is 0 Å². The minimum atomic E-state index is -0.178. The highest BCUT2D eigenvalue weighted by Crippen LogP contribution is 2.34. The molecule has 2 aromatic rings. The number of nitrogen functional groups attached to an aromatic ring is 1. The standard InChI is InChI=1S/C14H13ClN2O2/c1-8-6-9-7-10(16)2-3-11(9)17(8)14(18)12-4-5-13(15)19-12/h2-5,7-8H,6,16H2,1H3. The van der Waals surface area contributed by atoms with Crippen molar-refractivity contribution in [1.29, 1.82) is 0 Å². The Morgan fingerprint density at radius 2 is 2.21 bits per heavy atom. The summed E-state index contributed by atoms with van der Waals surface area (Å²) in [5.41, 5.74) is 8.45. The molecule has 1 atom stereocenters. The molecule has 0 aliphatic carbocycles. The van der Waals surface area contributed by atoms with Gasteiger partial charge in [-0.1, -0.05) is 0 Å². The third-order valence-corrected chi connectivity index (χ3v) is 3.53. The summed E-state index contributed by atoms with van der Waals surface area (Å²) in [6.07, 6.45) is 0.792. The number of fused-ring (bicyclic) bond motifs is 1. The lowest BCUT2D eigenvalue weighted by Gasteiger charge is -2.21. The molecule has 98 valence electrons. The van der Waals surface area contributed by atoms with Crippen LogP contribution >= 0.6 is 11.6 Å². The molecule has 2 heterocycles. The number of nitrogens with zero attached hydrogens (tertiary/aromatic N) is 1. The molecule has 5 heteroatoms. The number of amides is 1. The Hall–Kier alpha value is -1.94. The predicted octanol–water partition coefficient (Wildman–Crippen LogP) is 3.11. The maximum absolute atomic E-state index is 12.5. The van der Waals surface area contributed by atoms with Gasteiger partial charge in [0.25, 0.3) is 5.91 Å². The largest absolute Gasteiger partial charge is 0.440 e. The van der Waals surface area contributed by atoms with Crippen LogP contribution in [-0.2, 0) is 6.42 Å². The van der Waals surface area contributed by atoms with E-state index in [1.807, 2.05) is 19.1 Å². The van der Waals surface area contributed by atoms with Crippen LogP contribution in [-0.4, -0.2) is 11.9 Å². The molecule has 0 saturated heterocycles. The molecule has 0 bridgehead atoms. The molecular formula is C14H13ClN2O2. The highest BCUT2D eigenvalue weighted by atomic mass is 35.5. The van der Waals surface area contributed by atoms with E-state index in [2.05, 4.69) is 0 Å². The van der Waals surface area contributed by atoms with Gasteiger partial charge in [-0.05, 0) is 60.8 Å². The van der Waals surface area contributed by atoms with E-state index in [0.717, 1.165) is 17.7 Å². The van der Waals surface area contributed by atoms with E-state index in [1.165, 1.54) is 0 Å². The smallest absolute Gasteiger partial charge is 0.294 e. The lowest BCUT2D eigenvalue weighted by molar-refractivity contribution is 0.0955. The van der Waals surface area contributed by atoms with Crippen molar-refractivity contribution in [2.75, 3.05) is 10.6 Å². The number of anilines is 2. The normalized spacial score (nSPS) is 17.6. The monoisotopic (exact) mass is 276 g/mol. The molecule has 1 aromatic carbocycles. The van der Waals surface area contributed by atoms with Crippen molar-refractivity contribution in [3.63, 3.8) is 0 Å². The van der Waals surface area contributed by atoms with E-state index in [0.29, 0.717) is 5.69 Å². The van der Waals surface area contributed by atoms with Crippen LogP contribution in [0.25, 0.3) is 0 Å². The molecule has 1 unspecified atom stereocenters. The van der Waals surface area contributed by atoms with Crippen LogP contribution in [0.1, 0.15) is 23.0 Å².